The Balaban J connectivity index is 1.77. The van der Waals surface area contributed by atoms with Crippen LogP contribution in [0.15, 0.2) is 66.1 Å². The largest absolute Gasteiger partial charge is 0.493 e. The maximum Gasteiger partial charge on any atom is 0.203 e. The highest BCUT2D eigenvalue weighted by molar-refractivity contribution is 7.99. The van der Waals surface area contributed by atoms with Gasteiger partial charge in [0.05, 0.1) is 27.0 Å². The van der Waals surface area contributed by atoms with Gasteiger partial charge in [-0.05, 0) is 48.4 Å². The number of halogens is 1. The van der Waals surface area contributed by atoms with Crippen LogP contribution in [0.1, 0.15) is 5.56 Å². The van der Waals surface area contributed by atoms with Gasteiger partial charge in [-0.3, -0.25) is 9.55 Å². The van der Waals surface area contributed by atoms with Crippen molar-refractivity contribution in [1.82, 2.24) is 19.7 Å². The van der Waals surface area contributed by atoms with Crippen LogP contribution in [0.4, 0.5) is 4.39 Å². The first-order valence-corrected chi connectivity index (χ1v) is 11.2. The van der Waals surface area contributed by atoms with E-state index in [4.69, 9.17) is 14.2 Å². The van der Waals surface area contributed by atoms with Crippen molar-refractivity contribution in [3.8, 4) is 34.3 Å². The molecule has 170 valence electrons. The minimum Gasteiger partial charge on any atom is -0.493 e. The average molecular weight is 467 g/mol. The smallest absolute Gasteiger partial charge is 0.203 e. The molecule has 0 fully saturated rings. The van der Waals surface area contributed by atoms with Gasteiger partial charge in [-0.15, -0.1) is 10.2 Å². The van der Waals surface area contributed by atoms with E-state index in [1.807, 2.05) is 12.1 Å². The van der Waals surface area contributed by atoms with Crippen LogP contribution < -0.4 is 14.2 Å². The number of hydrogen-bond donors (Lipinski definition) is 0. The monoisotopic (exact) mass is 466 g/mol. The van der Waals surface area contributed by atoms with E-state index < -0.39 is 0 Å². The zero-order valence-electron chi connectivity index (χ0n) is 18.5. The lowest BCUT2D eigenvalue weighted by Crippen LogP contribution is -2.04. The van der Waals surface area contributed by atoms with Gasteiger partial charge in [0.15, 0.2) is 22.5 Å². The van der Waals surface area contributed by atoms with E-state index in [0.717, 1.165) is 12.2 Å². The highest BCUT2D eigenvalue weighted by Crippen LogP contribution is 2.41. The third-order valence-electron chi connectivity index (χ3n) is 5.02. The Bertz CT molecular complexity index is 1210. The van der Waals surface area contributed by atoms with Crippen LogP contribution in [0.25, 0.3) is 17.1 Å². The number of para-hydroxylation sites is 1. The maximum atomic E-state index is 14.9. The number of thioether (sulfide) groups is 1. The van der Waals surface area contributed by atoms with Gasteiger partial charge in [0.2, 0.25) is 5.75 Å². The summed E-state index contributed by atoms with van der Waals surface area (Å²) in [5, 5.41) is 9.36. The van der Waals surface area contributed by atoms with Crippen molar-refractivity contribution in [2.24, 2.45) is 0 Å². The maximum absolute atomic E-state index is 14.9. The van der Waals surface area contributed by atoms with E-state index in [9.17, 15) is 4.39 Å². The number of ether oxygens (including phenoxy) is 3. The first-order chi connectivity index (χ1) is 16.2. The minimum atomic E-state index is -0.373. The second-order valence-corrected chi connectivity index (χ2v) is 8.02. The number of pyridine rings is 1. The van der Waals surface area contributed by atoms with E-state index in [0.29, 0.717) is 39.5 Å². The lowest BCUT2D eigenvalue weighted by Gasteiger charge is -2.15. The van der Waals surface area contributed by atoms with Crippen molar-refractivity contribution in [2.45, 2.75) is 11.6 Å². The molecule has 0 saturated heterocycles. The Morgan fingerprint density at radius 2 is 1.61 bits per heavy atom. The summed E-state index contributed by atoms with van der Waals surface area (Å²) in [7, 11) is 4.63. The SMILES string of the molecule is COc1cc(-c2nnc(SCCc3ccncc3)n2-c2ccccc2F)cc(OC)c1OC. The van der Waals surface area contributed by atoms with Crippen molar-refractivity contribution in [2.75, 3.05) is 27.1 Å². The summed E-state index contributed by atoms with van der Waals surface area (Å²) in [5.41, 5.74) is 2.18. The number of benzene rings is 2. The third kappa shape index (κ3) is 4.78. The van der Waals surface area contributed by atoms with Gasteiger partial charge >= 0.3 is 0 Å². The molecule has 2 heterocycles. The molecule has 0 amide bonds. The van der Waals surface area contributed by atoms with Crippen LogP contribution in [0.2, 0.25) is 0 Å². The molecule has 0 unspecified atom stereocenters. The number of hydrogen-bond acceptors (Lipinski definition) is 7. The van der Waals surface area contributed by atoms with Crippen molar-refractivity contribution >= 4 is 11.8 Å². The van der Waals surface area contributed by atoms with Crippen LogP contribution in [0, 0.1) is 5.82 Å². The Hall–Kier alpha value is -3.59. The summed E-state index contributed by atoms with van der Waals surface area (Å²) >= 11 is 1.50. The lowest BCUT2D eigenvalue weighted by atomic mass is 10.1. The number of aryl methyl sites for hydroxylation is 1. The van der Waals surface area contributed by atoms with Gasteiger partial charge in [-0.2, -0.15) is 0 Å². The van der Waals surface area contributed by atoms with Gasteiger partial charge in [-0.1, -0.05) is 23.9 Å². The van der Waals surface area contributed by atoms with Gasteiger partial charge in [0.1, 0.15) is 5.82 Å². The van der Waals surface area contributed by atoms with E-state index in [1.165, 1.54) is 23.4 Å². The Labute approximate surface area is 195 Å². The normalized spacial score (nSPS) is 10.8. The molecule has 7 nitrogen and oxygen atoms in total. The topological polar surface area (TPSA) is 71.3 Å². The summed E-state index contributed by atoms with van der Waals surface area (Å²) in [4.78, 5) is 4.05. The number of methoxy groups -OCH3 is 3. The van der Waals surface area contributed by atoms with Crippen molar-refractivity contribution in [1.29, 1.82) is 0 Å². The molecule has 0 aliphatic rings. The van der Waals surface area contributed by atoms with E-state index in [1.54, 1.807) is 68.6 Å². The molecule has 0 N–H and O–H groups in total. The molecule has 33 heavy (non-hydrogen) atoms. The van der Waals surface area contributed by atoms with Gasteiger partial charge in [0, 0.05) is 23.7 Å². The van der Waals surface area contributed by atoms with Crippen molar-refractivity contribution in [3.63, 3.8) is 0 Å². The number of nitrogens with zero attached hydrogens (tertiary/aromatic N) is 4. The van der Waals surface area contributed by atoms with Crippen LogP contribution in [-0.2, 0) is 6.42 Å². The Morgan fingerprint density at radius 3 is 2.24 bits per heavy atom. The minimum absolute atomic E-state index is 0.359. The molecule has 4 rings (SSSR count). The summed E-state index contributed by atoms with van der Waals surface area (Å²) in [6.07, 6.45) is 4.35. The molecule has 9 heteroatoms. The predicted octanol–water partition coefficient (Wildman–Crippen LogP) is 4.83. The fourth-order valence-electron chi connectivity index (χ4n) is 3.42. The van der Waals surface area contributed by atoms with E-state index >= 15 is 0 Å². The van der Waals surface area contributed by atoms with Gasteiger partial charge in [0.25, 0.3) is 0 Å². The van der Waals surface area contributed by atoms with Gasteiger partial charge in [-0.25, -0.2) is 4.39 Å². The summed E-state index contributed by atoms with van der Waals surface area (Å²) in [6.45, 7) is 0. The average Bonchev–Trinajstić information content (AvgIpc) is 3.27. The fourth-order valence-corrected chi connectivity index (χ4v) is 4.35. The van der Waals surface area contributed by atoms with Crippen LogP contribution in [-0.4, -0.2) is 46.8 Å². The molecule has 2 aromatic carbocycles. The van der Waals surface area contributed by atoms with Crippen LogP contribution >= 0.6 is 11.8 Å². The molecular weight excluding hydrogens is 443 g/mol. The van der Waals surface area contributed by atoms with E-state index in [2.05, 4.69) is 15.2 Å². The van der Waals surface area contributed by atoms with Crippen LogP contribution in [0.3, 0.4) is 0 Å². The standard InChI is InChI=1S/C24H23FN4O3S/c1-30-20-14-17(15-21(31-2)22(20)32-3)23-27-28-24(29(23)19-7-5-4-6-18(19)25)33-13-10-16-8-11-26-12-9-16/h4-9,11-12,14-15H,10,13H2,1-3H3. The molecule has 4 aromatic rings. The quantitative estimate of drug-likeness (QED) is 0.327. The molecule has 0 spiro atoms. The van der Waals surface area contributed by atoms with Gasteiger partial charge < -0.3 is 14.2 Å². The lowest BCUT2D eigenvalue weighted by molar-refractivity contribution is 0.324. The summed E-state index contributed by atoms with van der Waals surface area (Å²) in [6, 6.07) is 14.0. The molecule has 2 aromatic heterocycles. The zero-order chi connectivity index (χ0) is 23.2. The van der Waals surface area contributed by atoms with Crippen molar-refractivity contribution in [3.05, 3.63) is 72.3 Å². The first-order valence-electron chi connectivity index (χ1n) is 10.2. The Morgan fingerprint density at radius 1 is 0.909 bits per heavy atom. The predicted molar refractivity (Wildman–Crippen MR) is 125 cm³/mol. The molecule has 0 atom stereocenters. The highest BCUT2D eigenvalue weighted by Gasteiger charge is 2.22. The molecule has 0 aliphatic carbocycles. The summed E-state index contributed by atoms with van der Waals surface area (Å²) in [5.74, 6) is 2.25. The van der Waals surface area contributed by atoms with Crippen LogP contribution in [0.5, 0.6) is 17.2 Å². The van der Waals surface area contributed by atoms with E-state index in [-0.39, 0.29) is 5.82 Å². The molecule has 0 radical (unpaired) electrons. The first kappa shape index (κ1) is 22.6. The molecular formula is C24H23FN4O3S. The second-order valence-electron chi connectivity index (χ2n) is 6.96. The van der Waals surface area contributed by atoms with Crippen molar-refractivity contribution < 1.29 is 18.6 Å². The Kier molecular flexibility index (Phi) is 7.09. The third-order valence-corrected chi connectivity index (χ3v) is 5.95. The number of aromatic nitrogens is 4. The second kappa shape index (κ2) is 10.4. The molecule has 0 bridgehead atoms. The summed E-state index contributed by atoms with van der Waals surface area (Å²) < 4.78 is 33.0. The highest BCUT2D eigenvalue weighted by atomic mass is 32.2. The molecule has 0 saturated carbocycles. The zero-order valence-corrected chi connectivity index (χ0v) is 19.3. The fraction of sp³-hybridized carbons (Fsp3) is 0.208. The number of rotatable bonds is 9. The molecule has 0 aliphatic heterocycles.